The van der Waals surface area contributed by atoms with Crippen molar-refractivity contribution in [2.75, 3.05) is 16.8 Å². The first-order valence-corrected chi connectivity index (χ1v) is 17.1. The third-order valence-corrected chi connectivity index (χ3v) is 9.04. The maximum atomic E-state index is 11.2. The number of fused-ring (bicyclic) bond motifs is 1. The smallest absolute Gasteiger partial charge is 0.236 e. The summed E-state index contributed by atoms with van der Waals surface area (Å²) in [4.78, 5) is 18.2. The van der Waals surface area contributed by atoms with Gasteiger partial charge in [0.25, 0.3) is 0 Å². The molecule has 0 bridgehead atoms. The van der Waals surface area contributed by atoms with Gasteiger partial charge < -0.3 is 15.3 Å². The van der Waals surface area contributed by atoms with Gasteiger partial charge in [0.05, 0.1) is 22.7 Å². The number of aromatic hydroxyl groups is 1. The van der Waals surface area contributed by atoms with Crippen molar-refractivity contribution < 1.29 is 5.11 Å². The van der Waals surface area contributed by atoms with Gasteiger partial charge in [-0.05, 0) is 97.4 Å². The van der Waals surface area contributed by atoms with E-state index in [1.807, 2.05) is 60.4 Å². The summed E-state index contributed by atoms with van der Waals surface area (Å²) in [5, 5.41) is 32.7. The Bertz CT molecular complexity index is 2250. The molecular weight excluding hydrogens is 734 g/mol. The molecule has 0 atom stereocenters. The molecule has 10 nitrogen and oxygen atoms in total. The molecule has 0 unspecified atom stereocenters. The molecule has 0 radical (unpaired) electrons. The number of nitrogens with zero attached hydrogens (tertiary/aromatic N) is 8. The third kappa shape index (κ3) is 8.09. The van der Waals surface area contributed by atoms with Crippen LogP contribution in [-0.4, -0.2) is 26.6 Å². The summed E-state index contributed by atoms with van der Waals surface area (Å²) in [5.74, 6) is 0.467. The topological polar surface area (TPSA) is 124 Å². The van der Waals surface area contributed by atoms with Gasteiger partial charge in [-0.2, -0.15) is 25.2 Å². The molecule has 6 aromatic rings. The average molecular weight is 760 g/mol. The molecule has 0 spiro atoms. The van der Waals surface area contributed by atoms with Crippen LogP contribution in [0.25, 0.3) is 10.8 Å². The van der Waals surface area contributed by atoms with Gasteiger partial charge in [-0.25, -0.2) is 0 Å². The first-order valence-electron chi connectivity index (χ1n) is 14.5. The van der Waals surface area contributed by atoms with Gasteiger partial charge in [-0.1, -0.05) is 6.07 Å². The Labute approximate surface area is 314 Å². The van der Waals surface area contributed by atoms with Crippen LogP contribution in [0.5, 0.6) is 5.75 Å². The summed E-state index contributed by atoms with van der Waals surface area (Å²) in [6.07, 6.45) is 0. The van der Waals surface area contributed by atoms with E-state index in [2.05, 4.69) is 91.2 Å². The van der Waals surface area contributed by atoms with Gasteiger partial charge in [-0.3, -0.25) is 0 Å². The standard InChI is InChI=1S/C33H26ClN9OS5/c1-2-43(19-4-3-5-21(46)15-19)33-37-31(34)36-32(38-33)35-25-13-11-22-23(30(25)49)16-27(48)28(29(22)44)42-41-24-12-8-18(14-26(24)47)40-39-17-6-9-20(45)10-7-17/h3-16,44-49H,2H2,1H3,(H,35,36,37,38). The van der Waals surface area contributed by atoms with Crippen LogP contribution >= 0.6 is 74.7 Å². The average Bonchev–Trinajstić information content (AvgIpc) is 3.07. The van der Waals surface area contributed by atoms with Crippen LogP contribution in [-0.2, 0) is 0 Å². The first-order chi connectivity index (χ1) is 23.6. The monoisotopic (exact) mass is 759 g/mol. The van der Waals surface area contributed by atoms with E-state index in [-0.39, 0.29) is 22.7 Å². The fourth-order valence-corrected chi connectivity index (χ4v) is 6.12. The Morgan fingerprint density at radius 2 is 1.49 bits per heavy atom. The molecule has 0 aliphatic heterocycles. The van der Waals surface area contributed by atoms with E-state index in [0.29, 0.717) is 60.7 Å². The van der Waals surface area contributed by atoms with Crippen LogP contribution in [0.2, 0.25) is 5.28 Å². The molecule has 49 heavy (non-hydrogen) atoms. The minimum absolute atomic E-state index is 0.0166. The number of hydrogen-bond donors (Lipinski definition) is 7. The molecule has 0 saturated carbocycles. The Morgan fingerprint density at radius 1 is 0.735 bits per heavy atom. The SMILES string of the molecule is CCN(c1cccc(S)c1)c1nc(Cl)nc(Nc2ccc3c(O)c(N=Nc4ccc(N=Nc5ccc(S)cc5)cc4S)c(S)cc3c2S)n1. The van der Waals surface area contributed by atoms with Crippen molar-refractivity contribution >= 4 is 132 Å². The first kappa shape index (κ1) is 34.9. The van der Waals surface area contributed by atoms with Crippen LogP contribution in [0.4, 0.5) is 46.0 Å². The van der Waals surface area contributed by atoms with E-state index >= 15 is 0 Å². The minimum Gasteiger partial charge on any atom is -0.505 e. The lowest BCUT2D eigenvalue weighted by atomic mass is 10.1. The Morgan fingerprint density at radius 3 is 2.22 bits per heavy atom. The van der Waals surface area contributed by atoms with Gasteiger partial charge in [0.2, 0.25) is 17.2 Å². The molecule has 1 aromatic heterocycles. The lowest BCUT2D eigenvalue weighted by Gasteiger charge is -2.21. The molecule has 2 N–H and O–H groups in total. The van der Waals surface area contributed by atoms with Crippen molar-refractivity contribution in [2.24, 2.45) is 20.5 Å². The quantitative estimate of drug-likeness (QED) is 0.0582. The minimum atomic E-state index is -0.109. The number of benzene rings is 5. The molecule has 0 fully saturated rings. The van der Waals surface area contributed by atoms with Crippen LogP contribution in [0.3, 0.4) is 0 Å². The molecule has 5 aromatic carbocycles. The molecule has 0 aliphatic carbocycles. The molecule has 246 valence electrons. The number of anilines is 4. The maximum absolute atomic E-state index is 11.2. The Hall–Kier alpha value is -3.99. The highest BCUT2D eigenvalue weighted by Crippen LogP contribution is 2.45. The molecule has 1 heterocycles. The molecule has 0 aliphatic rings. The van der Waals surface area contributed by atoms with E-state index in [9.17, 15) is 5.11 Å². The van der Waals surface area contributed by atoms with Crippen molar-refractivity contribution in [3.05, 3.63) is 90.2 Å². The summed E-state index contributed by atoms with van der Waals surface area (Å²) >= 11 is 29.0. The summed E-state index contributed by atoms with van der Waals surface area (Å²) in [6.45, 7) is 2.56. The highest BCUT2D eigenvalue weighted by molar-refractivity contribution is 7.81. The van der Waals surface area contributed by atoms with Crippen molar-refractivity contribution in [2.45, 2.75) is 31.4 Å². The van der Waals surface area contributed by atoms with E-state index < -0.39 is 0 Å². The van der Waals surface area contributed by atoms with Crippen LogP contribution in [0.15, 0.2) is 130 Å². The van der Waals surface area contributed by atoms with Crippen LogP contribution < -0.4 is 10.2 Å². The zero-order valence-corrected chi connectivity index (χ0v) is 30.7. The number of rotatable bonds is 9. The zero-order chi connectivity index (χ0) is 34.7. The molecule has 16 heteroatoms. The fraction of sp³-hybridized carbons (Fsp3) is 0.0606. The van der Waals surface area contributed by atoms with Crippen molar-refractivity contribution in [1.82, 2.24) is 15.0 Å². The van der Waals surface area contributed by atoms with Gasteiger partial charge in [0.1, 0.15) is 5.69 Å². The van der Waals surface area contributed by atoms with Gasteiger partial charge >= 0.3 is 0 Å². The van der Waals surface area contributed by atoms with Gasteiger partial charge in [-0.15, -0.1) is 73.4 Å². The Balaban J connectivity index is 1.25. The van der Waals surface area contributed by atoms with Crippen molar-refractivity contribution in [3.63, 3.8) is 0 Å². The second-order valence-corrected chi connectivity index (χ2v) is 13.1. The number of phenolic OH excluding ortho intramolecular Hbond substituents is 1. The molecule has 0 amide bonds. The van der Waals surface area contributed by atoms with Gasteiger partial charge in [0.15, 0.2) is 5.75 Å². The molecule has 6 rings (SSSR count). The number of hydrogen-bond acceptors (Lipinski definition) is 15. The summed E-state index contributed by atoms with van der Waals surface area (Å²) in [6, 6.07) is 25.4. The summed E-state index contributed by atoms with van der Waals surface area (Å²) in [7, 11) is 0. The van der Waals surface area contributed by atoms with Crippen LogP contribution in [0.1, 0.15) is 6.92 Å². The van der Waals surface area contributed by atoms with Crippen molar-refractivity contribution in [3.8, 4) is 5.75 Å². The number of azo groups is 2. The van der Waals surface area contributed by atoms with E-state index in [1.54, 1.807) is 36.4 Å². The predicted molar refractivity (Wildman–Crippen MR) is 210 cm³/mol. The summed E-state index contributed by atoms with van der Waals surface area (Å²) < 4.78 is 0. The predicted octanol–water partition coefficient (Wildman–Crippen LogP) is 11.6. The highest BCUT2D eigenvalue weighted by atomic mass is 35.5. The number of thiol groups is 5. The zero-order valence-electron chi connectivity index (χ0n) is 25.4. The number of aromatic nitrogens is 3. The lowest BCUT2D eigenvalue weighted by Crippen LogP contribution is -2.20. The maximum Gasteiger partial charge on any atom is 0.236 e. The fourth-order valence-electron chi connectivity index (χ4n) is 4.75. The van der Waals surface area contributed by atoms with E-state index in [1.165, 1.54) is 0 Å². The largest absolute Gasteiger partial charge is 0.505 e. The number of nitrogens with one attached hydrogen (secondary N) is 1. The highest BCUT2D eigenvalue weighted by Gasteiger charge is 2.18. The molecule has 0 saturated heterocycles. The second kappa shape index (κ2) is 15.3. The third-order valence-electron chi connectivity index (χ3n) is 7.11. The van der Waals surface area contributed by atoms with Crippen LogP contribution in [0, 0.1) is 0 Å². The van der Waals surface area contributed by atoms with E-state index in [4.69, 9.17) is 24.2 Å². The van der Waals surface area contributed by atoms with Crippen molar-refractivity contribution in [1.29, 1.82) is 0 Å². The van der Waals surface area contributed by atoms with E-state index in [0.717, 1.165) is 15.5 Å². The van der Waals surface area contributed by atoms with Gasteiger partial charge in [0, 0.05) is 47.5 Å². The summed E-state index contributed by atoms with van der Waals surface area (Å²) in [5.41, 5.74) is 3.37. The number of halogens is 1. The molecular formula is C33H26ClN9OS5. The normalized spacial score (nSPS) is 11.6. The Kier molecular flexibility index (Phi) is 10.9. The lowest BCUT2D eigenvalue weighted by molar-refractivity contribution is 0.481. The second-order valence-electron chi connectivity index (χ2n) is 10.4. The number of phenols is 1.